The van der Waals surface area contributed by atoms with Gasteiger partial charge in [0.2, 0.25) is 0 Å². The van der Waals surface area contributed by atoms with Gasteiger partial charge in [0, 0.05) is 21.7 Å². The van der Waals surface area contributed by atoms with Crippen LogP contribution in [0, 0.1) is 13.8 Å². The molecule has 6 heteroatoms. The van der Waals surface area contributed by atoms with E-state index >= 15 is 0 Å². The van der Waals surface area contributed by atoms with Crippen molar-refractivity contribution in [3.8, 4) is 22.8 Å². The quantitative estimate of drug-likeness (QED) is 0.796. The maximum atomic E-state index is 10.3. The van der Waals surface area contributed by atoms with Gasteiger partial charge in [-0.25, -0.2) is 0 Å². The zero-order chi connectivity index (χ0) is 13.4. The number of aromatic nitrogens is 2. The first kappa shape index (κ1) is 12.8. The molecule has 0 atom stereocenters. The van der Waals surface area contributed by atoms with Crippen molar-refractivity contribution < 1.29 is 9.84 Å². The van der Waals surface area contributed by atoms with Crippen molar-refractivity contribution in [1.82, 2.24) is 10.2 Å². The van der Waals surface area contributed by atoms with Gasteiger partial charge in [0.1, 0.15) is 5.82 Å². The van der Waals surface area contributed by atoms with E-state index < -0.39 is 0 Å². The summed E-state index contributed by atoms with van der Waals surface area (Å²) < 4.78 is 6.12. The van der Waals surface area contributed by atoms with Gasteiger partial charge in [-0.1, -0.05) is 15.9 Å². The van der Waals surface area contributed by atoms with Crippen LogP contribution in [0.1, 0.15) is 11.1 Å². The number of hydrogen-bond acceptors (Lipinski definition) is 4. The molecule has 0 aliphatic heterocycles. The Morgan fingerprint density at radius 1 is 1.39 bits per heavy atom. The largest absolute Gasteiger partial charge is 0.504 e. The Morgan fingerprint density at radius 2 is 2.06 bits per heavy atom. The SMILES string of the molecule is COc1c(C)c(Br)c(C)c(-c2cc(N)n[nH]2)c1O. The summed E-state index contributed by atoms with van der Waals surface area (Å²) in [5, 5.41) is 17.0. The van der Waals surface area contributed by atoms with Crippen molar-refractivity contribution in [2.45, 2.75) is 13.8 Å². The number of aromatic amines is 1. The highest BCUT2D eigenvalue weighted by atomic mass is 79.9. The first-order chi connectivity index (χ1) is 8.47. The van der Waals surface area contributed by atoms with Crippen molar-refractivity contribution in [1.29, 1.82) is 0 Å². The van der Waals surface area contributed by atoms with Crippen LogP contribution in [0.3, 0.4) is 0 Å². The third kappa shape index (κ3) is 1.82. The fraction of sp³-hybridized carbons (Fsp3) is 0.250. The first-order valence-corrected chi connectivity index (χ1v) is 6.13. The molecule has 0 saturated heterocycles. The number of ether oxygens (including phenoxy) is 1. The van der Waals surface area contributed by atoms with Crippen LogP contribution in [0.2, 0.25) is 0 Å². The van der Waals surface area contributed by atoms with E-state index in [9.17, 15) is 5.11 Å². The Labute approximate surface area is 113 Å². The third-order valence-corrected chi connectivity index (χ3v) is 4.09. The molecule has 2 aromatic rings. The van der Waals surface area contributed by atoms with Crippen molar-refractivity contribution >= 4 is 21.7 Å². The molecule has 0 amide bonds. The summed E-state index contributed by atoms with van der Waals surface area (Å²) in [4.78, 5) is 0. The summed E-state index contributed by atoms with van der Waals surface area (Å²) in [5.74, 6) is 0.898. The van der Waals surface area contributed by atoms with E-state index in [1.807, 2.05) is 13.8 Å². The van der Waals surface area contributed by atoms with E-state index in [-0.39, 0.29) is 5.75 Å². The molecule has 4 N–H and O–H groups in total. The van der Waals surface area contributed by atoms with Gasteiger partial charge in [-0.05, 0) is 19.4 Å². The van der Waals surface area contributed by atoms with Crippen LogP contribution >= 0.6 is 15.9 Å². The van der Waals surface area contributed by atoms with E-state index in [4.69, 9.17) is 10.5 Å². The zero-order valence-corrected chi connectivity index (χ0v) is 11.9. The lowest BCUT2D eigenvalue weighted by Crippen LogP contribution is -1.95. The number of anilines is 1. The Balaban J connectivity index is 2.78. The normalized spacial score (nSPS) is 10.7. The zero-order valence-electron chi connectivity index (χ0n) is 10.3. The Hall–Kier alpha value is -1.69. The minimum Gasteiger partial charge on any atom is -0.504 e. The topological polar surface area (TPSA) is 84.2 Å². The molecule has 1 heterocycles. The van der Waals surface area contributed by atoms with Gasteiger partial charge in [-0.15, -0.1) is 0 Å². The Morgan fingerprint density at radius 3 is 2.56 bits per heavy atom. The number of halogens is 1. The number of hydrogen-bond donors (Lipinski definition) is 3. The van der Waals surface area contributed by atoms with Gasteiger partial charge in [-0.2, -0.15) is 5.10 Å². The van der Waals surface area contributed by atoms with E-state index in [2.05, 4.69) is 26.1 Å². The van der Waals surface area contributed by atoms with Crippen LogP contribution in [0.5, 0.6) is 11.5 Å². The minimum absolute atomic E-state index is 0.0827. The highest BCUT2D eigenvalue weighted by Crippen LogP contribution is 2.45. The molecule has 0 fully saturated rings. The molecule has 1 aromatic carbocycles. The second-order valence-corrected chi connectivity index (χ2v) is 4.82. The Bertz CT molecular complexity index is 608. The highest BCUT2D eigenvalue weighted by Gasteiger charge is 2.21. The van der Waals surface area contributed by atoms with Crippen LogP contribution < -0.4 is 10.5 Å². The van der Waals surface area contributed by atoms with Gasteiger partial charge in [-0.3, -0.25) is 5.10 Å². The minimum atomic E-state index is 0.0827. The molecule has 0 saturated carbocycles. The number of H-pyrrole nitrogens is 1. The summed E-state index contributed by atoms with van der Waals surface area (Å²) in [7, 11) is 1.52. The molecule has 0 aliphatic carbocycles. The molecule has 0 radical (unpaired) electrons. The number of methoxy groups -OCH3 is 1. The fourth-order valence-electron chi connectivity index (χ4n) is 2.00. The number of phenolic OH excluding ortho intramolecular Hbond substituents is 1. The molecule has 0 unspecified atom stereocenters. The molecule has 0 bridgehead atoms. The van der Waals surface area contributed by atoms with Crippen molar-refractivity contribution in [3.05, 3.63) is 21.7 Å². The summed E-state index contributed by atoms with van der Waals surface area (Å²) in [5.41, 5.74) is 8.62. The molecule has 1 aromatic heterocycles. The number of nitrogens with one attached hydrogen (secondary N) is 1. The summed E-state index contributed by atoms with van der Waals surface area (Å²) in [6.07, 6.45) is 0. The maximum Gasteiger partial charge on any atom is 0.167 e. The fourth-order valence-corrected chi connectivity index (χ4v) is 2.38. The number of rotatable bonds is 2. The maximum absolute atomic E-state index is 10.3. The van der Waals surface area contributed by atoms with Crippen LogP contribution in [0.4, 0.5) is 5.82 Å². The van der Waals surface area contributed by atoms with Crippen molar-refractivity contribution in [2.24, 2.45) is 0 Å². The van der Waals surface area contributed by atoms with Crippen LogP contribution in [-0.2, 0) is 0 Å². The summed E-state index contributed by atoms with van der Waals surface area (Å²) in [6.45, 7) is 3.78. The standard InChI is InChI=1S/C12H14BrN3O2/c1-5-9(7-4-8(14)16-15-7)11(17)12(18-3)6(2)10(5)13/h4,17H,1-3H3,(H3,14,15,16). The molecule has 2 rings (SSSR count). The van der Waals surface area contributed by atoms with E-state index in [1.54, 1.807) is 6.07 Å². The highest BCUT2D eigenvalue weighted by molar-refractivity contribution is 9.10. The molecule has 0 spiro atoms. The summed E-state index contributed by atoms with van der Waals surface area (Å²) in [6, 6.07) is 1.67. The monoisotopic (exact) mass is 311 g/mol. The number of nitrogens with zero attached hydrogens (tertiary/aromatic N) is 1. The Kier molecular flexibility index (Phi) is 3.21. The van der Waals surface area contributed by atoms with Gasteiger partial charge in [0.15, 0.2) is 11.5 Å². The van der Waals surface area contributed by atoms with Gasteiger partial charge >= 0.3 is 0 Å². The van der Waals surface area contributed by atoms with Crippen LogP contribution in [0.15, 0.2) is 10.5 Å². The predicted molar refractivity (Wildman–Crippen MR) is 73.8 cm³/mol. The second-order valence-electron chi connectivity index (χ2n) is 4.03. The second kappa shape index (κ2) is 4.53. The lowest BCUT2D eigenvalue weighted by molar-refractivity contribution is 0.371. The average molecular weight is 312 g/mol. The number of nitrogen functional groups attached to an aromatic ring is 1. The number of benzene rings is 1. The van der Waals surface area contributed by atoms with Crippen molar-refractivity contribution in [2.75, 3.05) is 12.8 Å². The van der Waals surface area contributed by atoms with Crippen LogP contribution in [0.25, 0.3) is 11.3 Å². The van der Waals surface area contributed by atoms with Crippen molar-refractivity contribution in [3.63, 3.8) is 0 Å². The predicted octanol–water partition coefficient (Wildman–Crippen LogP) is 2.75. The van der Waals surface area contributed by atoms with E-state index in [1.165, 1.54) is 7.11 Å². The molecule has 18 heavy (non-hydrogen) atoms. The van der Waals surface area contributed by atoms with Gasteiger partial charge in [0.25, 0.3) is 0 Å². The molecular weight excluding hydrogens is 298 g/mol. The smallest absolute Gasteiger partial charge is 0.167 e. The first-order valence-electron chi connectivity index (χ1n) is 5.34. The lowest BCUT2D eigenvalue weighted by atomic mass is 10.0. The van der Waals surface area contributed by atoms with Gasteiger partial charge in [0.05, 0.1) is 12.8 Å². The third-order valence-electron chi connectivity index (χ3n) is 2.90. The van der Waals surface area contributed by atoms with Gasteiger partial charge < -0.3 is 15.6 Å². The molecular formula is C12H14BrN3O2. The molecule has 96 valence electrons. The molecule has 5 nitrogen and oxygen atoms in total. The number of aromatic hydroxyl groups is 1. The molecule has 0 aliphatic rings. The van der Waals surface area contributed by atoms with Crippen LogP contribution in [-0.4, -0.2) is 22.4 Å². The van der Waals surface area contributed by atoms with E-state index in [0.717, 1.165) is 15.6 Å². The van der Waals surface area contributed by atoms with E-state index in [0.29, 0.717) is 22.8 Å². The average Bonchev–Trinajstić information content (AvgIpc) is 2.74. The number of nitrogens with two attached hydrogens (primary N) is 1. The lowest BCUT2D eigenvalue weighted by Gasteiger charge is -2.16. The number of phenols is 1. The summed E-state index contributed by atoms with van der Waals surface area (Å²) >= 11 is 3.50.